The Bertz CT molecular complexity index is 616. The second-order valence-corrected chi connectivity index (χ2v) is 5.88. The summed E-state index contributed by atoms with van der Waals surface area (Å²) in [5.41, 5.74) is 0.692. The number of hydrogen-bond acceptors (Lipinski definition) is 4. The Balaban J connectivity index is 1.67. The van der Waals surface area contributed by atoms with E-state index in [2.05, 4.69) is 19.1 Å². The van der Waals surface area contributed by atoms with Crippen LogP contribution in [0.1, 0.15) is 26.5 Å². The minimum absolute atomic E-state index is 0.143. The minimum Gasteiger partial charge on any atom is -0.454 e. The Morgan fingerprint density at radius 3 is 2.84 bits per heavy atom. The fraction of sp³-hybridized carbons (Fsp3) is 0.267. The lowest BCUT2D eigenvalue weighted by atomic mass is 10.1. The number of rotatable bonds is 4. The molecule has 4 heteroatoms. The monoisotopic (exact) mass is 274 g/mol. The number of thiophene rings is 1. The van der Waals surface area contributed by atoms with Gasteiger partial charge in [-0.25, -0.2) is 0 Å². The van der Waals surface area contributed by atoms with E-state index in [0.29, 0.717) is 23.5 Å². The molecule has 0 aliphatic carbocycles. The van der Waals surface area contributed by atoms with Gasteiger partial charge in [0.1, 0.15) is 0 Å². The summed E-state index contributed by atoms with van der Waals surface area (Å²) in [5, 5.41) is 0. The maximum Gasteiger partial charge on any atom is 0.231 e. The molecule has 0 radical (unpaired) electrons. The SMILES string of the molecule is Cc1ccc(CCC(=O)c2ccc3c(c2)OCO3)s1. The van der Waals surface area contributed by atoms with Crippen molar-refractivity contribution >= 4 is 17.1 Å². The van der Waals surface area contributed by atoms with Gasteiger partial charge in [0.05, 0.1) is 0 Å². The number of benzene rings is 1. The fourth-order valence-electron chi connectivity index (χ4n) is 2.07. The van der Waals surface area contributed by atoms with Crippen molar-refractivity contribution in [3.8, 4) is 11.5 Å². The van der Waals surface area contributed by atoms with Crippen LogP contribution in [-0.2, 0) is 6.42 Å². The van der Waals surface area contributed by atoms with Crippen LogP contribution in [0.5, 0.6) is 11.5 Å². The minimum atomic E-state index is 0.143. The molecule has 3 rings (SSSR count). The molecule has 0 amide bonds. The topological polar surface area (TPSA) is 35.5 Å². The molecule has 0 saturated heterocycles. The molecular formula is C15H14O3S. The molecule has 98 valence electrons. The van der Waals surface area contributed by atoms with E-state index >= 15 is 0 Å². The molecule has 0 spiro atoms. The lowest BCUT2D eigenvalue weighted by molar-refractivity contribution is 0.0982. The number of aryl methyl sites for hydroxylation is 2. The average molecular weight is 274 g/mol. The first-order valence-electron chi connectivity index (χ1n) is 6.20. The van der Waals surface area contributed by atoms with Crippen molar-refractivity contribution in [1.82, 2.24) is 0 Å². The lowest BCUT2D eigenvalue weighted by Crippen LogP contribution is -2.00. The maximum absolute atomic E-state index is 12.1. The summed E-state index contributed by atoms with van der Waals surface area (Å²) in [7, 11) is 0. The number of hydrogen-bond donors (Lipinski definition) is 0. The Morgan fingerprint density at radius 2 is 2.05 bits per heavy atom. The van der Waals surface area contributed by atoms with Crippen molar-refractivity contribution in [2.45, 2.75) is 19.8 Å². The number of Topliss-reactive ketones (excluding diaryl/α,β-unsaturated/α-hetero) is 1. The van der Waals surface area contributed by atoms with Gasteiger partial charge in [-0.2, -0.15) is 0 Å². The van der Waals surface area contributed by atoms with Crippen molar-refractivity contribution in [1.29, 1.82) is 0 Å². The second-order valence-electron chi connectivity index (χ2n) is 4.50. The molecule has 19 heavy (non-hydrogen) atoms. The molecule has 0 unspecified atom stereocenters. The van der Waals surface area contributed by atoms with Crippen LogP contribution in [0.2, 0.25) is 0 Å². The van der Waals surface area contributed by atoms with Gasteiger partial charge in [0, 0.05) is 21.7 Å². The Kier molecular flexibility index (Phi) is 3.25. The Hall–Kier alpha value is -1.81. The van der Waals surface area contributed by atoms with Crippen LogP contribution >= 0.6 is 11.3 Å². The summed E-state index contributed by atoms with van der Waals surface area (Å²) in [6.45, 7) is 2.31. The molecule has 3 nitrogen and oxygen atoms in total. The van der Waals surface area contributed by atoms with Gasteiger partial charge in [0.2, 0.25) is 6.79 Å². The van der Waals surface area contributed by atoms with Gasteiger partial charge >= 0.3 is 0 Å². The van der Waals surface area contributed by atoms with Crippen LogP contribution in [-0.4, -0.2) is 12.6 Å². The highest BCUT2D eigenvalue weighted by atomic mass is 32.1. The first-order chi connectivity index (χ1) is 9.22. The molecule has 1 aliphatic heterocycles. The first-order valence-corrected chi connectivity index (χ1v) is 7.02. The maximum atomic E-state index is 12.1. The van der Waals surface area contributed by atoms with Gasteiger partial charge in [-0.3, -0.25) is 4.79 Å². The zero-order valence-corrected chi connectivity index (χ0v) is 11.5. The molecule has 0 bridgehead atoms. The van der Waals surface area contributed by atoms with Crippen LogP contribution in [0.25, 0.3) is 0 Å². The molecule has 0 saturated carbocycles. The van der Waals surface area contributed by atoms with Gasteiger partial charge in [-0.1, -0.05) is 0 Å². The standard InChI is InChI=1S/C15H14O3S/c1-10-2-4-12(19-10)5-6-13(16)11-3-7-14-15(8-11)18-9-17-14/h2-4,7-8H,5-6,9H2,1H3. The highest BCUT2D eigenvalue weighted by Crippen LogP contribution is 2.32. The normalized spacial score (nSPS) is 12.7. The molecule has 2 heterocycles. The zero-order chi connectivity index (χ0) is 13.2. The fourth-order valence-corrected chi connectivity index (χ4v) is 2.96. The van der Waals surface area contributed by atoms with E-state index in [-0.39, 0.29) is 12.6 Å². The van der Waals surface area contributed by atoms with E-state index in [4.69, 9.17) is 9.47 Å². The predicted octanol–water partition coefficient (Wildman–Crippen LogP) is 3.60. The highest BCUT2D eigenvalue weighted by Gasteiger charge is 2.16. The van der Waals surface area contributed by atoms with Crippen LogP contribution in [0.15, 0.2) is 30.3 Å². The van der Waals surface area contributed by atoms with Crippen LogP contribution < -0.4 is 9.47 Å². The molecule has 0 fully saturated rings. The quantitative estimate of drug-likeness (QED) is 0.799. The zero-order valence-electron chi connectivity index (χ0n) is 10.6. The molecule has 0 N–H and O–H groups in total. The third-order valence-electron chi connectivity index (χ3n) is 3.09. The number of carbonyl (C=O) groups excluding carboxylic acids is 1. The summed E-state index contributed by atoms with van der Waals surface area (Å²) < 4.78 is 10.5. The third-order valence-corrected chi connectivity index (χ3v) is 4.15. The summed E-state index contributed by atoms with van der Waals surface area (Å²) in [5.74, 6) is 1.52. The number of carbonyl (C=O) groups is 1. The van der Waals surface area contributed by atoms with Crippen LogP contribution in [0, 0.1) is 6.92 Å². The van der Waals surface area contributed by atoms with Crippen LogP contribution in [0.3, 0.4) is 0 Å². The van der Waals surface area contributed by atoms with Gasteiger partial charge in [-0.05, 0) is 43.7 Å². The smallest absolute Gasteiger partial charge is 0.231 e. The summed E-state index contributed by atoms with van der Waals surface area (Å²) >= 11 is 1.75. The van der Waals surface area contributed by atoms with E-state index in [9.17, 15) is 4.79 Å². The number of fused-ring (bicyclic) bond motifs is 1. The van der Waals surface area contributed by atoms with E-state index in [1.54, 1.807) is 29.5 Å². The van der Waals surface area contributed by atoms with E-state index in [1.165, 1.54) is 9.75 Å². The Morgan fingerprint density at radius 1 is 1.21 bits per heavy atom. The van der Waals surface area contributed by atoms with E-state index < -0.39 is 0 Å². The highest BCUT2D eigenvalue weighted by molar-refractivity contribution is 7.11. The van der Waals surface area contributed by atoms with Crippen molar-refractivity contribution < 1.29 is 14.3 Å². The average Bonchev–Trinajstić information content (AvgIpc) is 3.03. The number of ketones is 1. The molecule has 0 atom stereocenters. The van der Waals surface area contributed by atoms with Crippen molar-refractivity contribution in [3.05, 3.63) is 45.6 Å². The first kappa shape index (κ1) is 12.2. The van der Waals surface area contributed by atoms with Gasteiger partial charge < -0.3 is 9.47 Å². The van der Waals surface area contributed by atoms with Crippen molar-refractivity contribution in [2.24, 2.45) is 0 Å². The van der Waals surface area contributed by atoms with Crippen molar-refractivity contribution in [2.75, 3.05) is 6.79 Å². The van der Waals surface area contributed by atoms with E-state index in [0.717, 1.165) is 6.42 Å². The number of ether oxygens (including phenoxy) is 2. The second kappa shape index (κ2) is 5.05. The molecule has 1 aliphatic rings. The third kappa shape index (κ3) is 2.63. The van der Waals surface area contributed by atoms with Gasteiger partial charge in [-0.15, -0.1) is 11.3 Å². The predicted molar refractivity (Wildman–Crippen MR) is 74.3 cm³/mol. The van der Waals surface area contributed by atoms with E-state index in [1.807, 2.05) is 0 Å². The summed E-state index contributed by atoms with van der Waals surface area (Å²) in [6.07, 6.45) is 1.32. The van der Waals surface area contributed by atoms with Crippen LogP contribution in [0.4, 0.5) is 0 Å². The van der Waals surface area contributed by atoms with Gasteiger partial charge in [0.15, 0.2) is 17.3 Å². The summed E-state index contributed by atoms with van der Waals surface area (Å²) in [4.78, 5) is 14.7. The molecule has 2 aromatic rings. The van der Waals surface area contributed by atoms with Gasteiger partial charge in [0.25, 0.3) is 0 Å². The largest absolute Gasteiger partial charge is 0.454 e. The molecule has 1 aromatic carbocycles. The lowest BCUT2D eigenvalue weighted by Gasteiger charge is -2.02. The van der Waals surface area contributed by atoms with Crippen molar-refractivity contribution in [3.63, 3.8) is 0 Å². The molecule has 1 aromatic heterocycles. The summed E-state index contributed by atoms with van der Waals surface area (Å²) in [6, 6.07) is 9.54. The Labute approximate surface area is 115 Å². The molecular weight excluding hydrogens is 260 g/mol.